The molecule has 0 spiro atoms. The van der Waals surface area contributed by atoms with Crippen LogP contribution in [0, 0.1) is 13.8 Å². The highest BCUT2D eigenvalue weighted by Crippen LogP contribution is 2.39. The molecule has 0 bridgehead atoms. The third-order valence-corrected chi connectivity index (χ3v) is 13.8. The lowest BCUT2D eigenvalue weighted by atomic mass is 9.98. The van der Waals surface area contributed by atoms with Crippen molar-refractivity contribution >= 4 is 79.5 Å². The number of nitrogens with zero attached hydrogens (tertiary/aromatic N) is 8. The van der Waals surface area contributed by atoms with Crippen LogP contribution >= 0.6 is 0 Å². The van der Waals surface area contributed by atoms with Crippen molar-refractivity contribution in [2.24, 2.45) is 0 Å². The topological polar surface area (TPSA) is 156 Å². The van der Waals surface area contributed by atoms with Gasteiger partial charge >= 0.3 is 12.4 Å². The van der Waals surface area contributed by atoms with Crippen LogP contribution in [0.15, 0.2) is 122 Å². The van der Waals surface area contributed by atoms with Crippen LogP contribution in [-0.4, -0.2) is 79.2 Å². The van der Waals surface area contributed by atoms with Gasteiger partial charge in [0.25, 0.3) is 0 Å². The molecule has 0 amide bonds. The fraction of sp³-hybridized carbons (Fsp3) is 0.367. The number of piperidine rings is 2. The zero-order chi connectivity index (χ0) is 57.0. The molecular weight excluding hydrogens is 1030 g/mol. The number of hydrogen-bond acceptors (Lipinski definition) is 14. The molecule has 80 heavy (non-hydrogen) atoms. The van der Waals surface area contributed by atoms with Crippen LogP contribution in [0.4, 0.5) is 84.0 Å². The predicted octanol–water partition coefficient (Wildman–Crippen LogP) is 14.4. The summed E-state index contributed by atoms with van der Waals surface area (Å²) in [6, 6.07) is 33.4. The number of benzene rings is 4. The zero-order valence-corrected chi connectivity index (χ0v) is 46.2. The standard InChI is InChI=1S/2C30H34F3N7/c2*1-19-26(40-16-13-20(14-17-40)39-29(2,3)4)23-10-5-6-11-24(23)37-27(19)35-21-8-7-9-22(18-21)36-28-34-15-12-25(38-28)30(31,32)33/h2*5-12,15,18,20,39H,13-14,16-17H2,1-4H3,(H,35,37)(H,34,36,38). The van der Waals surface area contributed by atoms with E-state index in [0.29, 0.717) is 23.5 Å². The Kier molecular flexibility index (Phi) is 16.7. The minimum Gasteiger partial charge on any atom is -0.371 e. The van der Waals surface area contributed by atoms with Crippen LogP contribution in [-0.2, 0) is 12.4 Å². The SMILES string of the molecule is Cc1c(Nc2cccc(Nc3nccc(C(F)(F)F)n3)c2)nc2ccccc2c1N1CCC(NC(C)(C)C)CC1.Cc1c(Nc2cccc(Nc3nccc(C(F)(F)F)n3)c2)nc2ccccc2c1N1CCC(NC(C)(C)C)CC1. The third-order valence-electron chi connectivity index (χ3n) is 13.8. The second kappa shape index (κ2) is 23.5. The van der Waals surface area contributed by atoms with E-state index in [1.165, 1.54) is 11.4 Å². The average Bonchev–Trinajstić information content (AvgIpc) is 3.45. The molecule has 6 heterocycles. The number of pyridine rings is 2. The Morgan fingerprint density at radius 2 is 0.787 bits per heavy atom. The largest absolute Gasteiger partial charge is 0.433 e. The first-order valence-corrected chi connectivity index (χ1v) is 26.9. The molecule has 0 radical (unpaired) electrons. The van der Waals surface area contributed by atoms with E-state index >= 15 is 0 Å². The fourth-order valence-corrected chi connectivity index (χ4v) is 10.4. The maximum atomic E-state index is 13.1. The quantitative estimate of drug-likeness (QED) is 0.0643. The summed E-state index contributed by atoms with van der Waals surface area (Å²) in [5.41, 5.74) is 6.97. The Balaban J connectivity index is 0.000000194. The Morgan fingerprint density at radius 1 is 0.438 bits per heavy atom. The molecule has 0 unspecified atom stereocenters. The molecule has 10 rings (SSSR count). The smallest absolute Gasteiger partial charge is 0.371 e. The summed E-state index contributed by atoms with van der Waals surface area (Å²) in [7, 11) is 0. The van der Waals surface area contributed by atoms with Gasteiger partial charge in [0.15, 0.2) is 0 Å². The number of fused-ring (bicyclic) bond motifs is 2. The van der Waals surface area contributed by atoms with E-state index in [1.807, 2.05) is 60.7 Å². The highest BCUT2D eigenvalue weighted by molar-refractivity contribution is 5.97. The van der Waals surface area contributed by atoms with Gasteiger partial charge in [-0.15, -0.1) is 0 Å². The first kappa shape index (κ1) is 56.9. The molecule has 6 N–H and O–H groups in total. The van der Waals surface area contributed by atoms with Crippen LogP contribution in [0.5, 0.6) is 0 Å². The Labute approximate surface area is 462 Å². The average molecular weight is 1100 g/mol. The van der Waals surface area contributed by atoms with E-state index in [1.54, 1.807) is 24.3 Å². The maximum Gasteiger partial charge on any atom is 0.433 e. The van der Waals surface area contributed by atoms with Crippen molar-refractivity contribution in [2.45, 2.75) is 117 Å². The van der Waals surface area contributed by atoms with Crippen LogP contribution in [0.3, 0.4) is 0 Å². The van der Waals surface area contributed by atoms with Crippen LogP contribution in [0.25, 0.3) is 21.8 Å². The van der Waals surface area contributed by atoms with Gasteiger partial charge in [0, 0.05) is 106 Å². The lowest BCUT2D eigenvalue weighted by Crippen LogP contribution is -2.49. The van der Waals surface area contributed by atoms with Gasteiger partial charge in [-0.2, -0.15) is 26.3 Å². The maximum absolute atomic E-state index is 13.1. The molecule has 2 fully saturated rings. The van der Waals surface area contributed by atoms with E-state index in [2.05, 4.69) is 129 Å². The minimum absolute atomic E-state index is 0.0832. The molecule has 0 saturated carbocycles. The monoisotopic (exact) mass is 1100 g/mol. The molecule has 14 nitrogen and oxygen atoms in total. The first-order chi connectivity index (χ1) is 37.9. The van der Waals surface area contributed by atoms with Gasteiger partial charge in [0.2, 0.25) is 11.9 Å². The Morgan fingerprint density at radius 3 is 1.14 bits per heavy atom. The molecule has 2 aliphatic heterocycles. The Hall–Kier alpha value is -7.84. The molecule has 20 heteroatoms. The summed E-state index contributed by atoms with van der Waals surface area (Å²) < 4.78 is 78.4. The lowest BCUT2D eigenvalue weighted by Gasteiger charge is -2.38. The third kappa shape index (κ3) is 14.5. The van der Waals surface area contributed by atoms with Crippen molar-refractivity contribution in [3.05, 3.63) is 144 Å². The lowest BCUT2D eigenvalue weighted by molar-refractivity contribution is -0.141. The van der Waals surface area contributed by atoms with Crippen molar-refractivity contribution in [3.8, 4) is 0 Å². The fourth-order valence-electron chi connectivity index (χ4n) is 10.4. The van der Waals surface area contributed by atoms with Crippen LogP contribution in [0.1, 0.15) is 89.7 Å². The first-order valence-electron chi connectivity index (χ1n) is 26.9. The molecule has 4 aromatic carbocycles. The summed E-state index contributed by atoms with van der Waals surface area (Å²) in [5, 5.41) is 22.3. The summed E-state index contributed by atoms with van der Waals surface area (Å²) in [4.78, 5) is 29.8. The molecule has 2 aliphatic rings. The van der Waals surface area contributed by atoms with Gasteiger partial charge in [0.05, 0.1) is 22.4 Å². The van der Waals surface area contributed by atoms with Gasteiger partial charge in [-0.05, 0) is 142 Å². The predicted molar refractivity (Wildman–Crippen MR) is 309 cm³/mol. The van der Waals surface area contributed by atoms with Crippen molar-refractivity contribution in [2.75, 3.05) is 57.2 Å². The van der Waals surface area contributed by atoms with E-state index in [0.717, 1.165) is 132 Å². The molecule has 4 aromatic heterocycles. The van der Waals surface area contributed by atoms with Crippen LogP contribution in [0.2, 0.25) is 0 Å². The van der Waals surface area contributed by atoms with Gasteiger partial charge in [0.1, 0.15) is 23.0 Å². The second-order valence-corrected chi connectivity index (χ2v) is 22.4. The van der Waals surface area contributed by atoms with E-state index in [-0.39, 0.29) is 23.0 Å². The van der Waals surface area contributed by atoms with Gasteiger partial charge in [-0.1, -0.05) is 48.5 Å². The highest BCUT2D eigenvalue weighted by atomic mass is 19.4. The van der Waals surface area contributed by atoms with Gasteiger partial charge < -0.3 is 41.7 Å². The highest BCUT2D eigenvalue weighted by Gasteiger charge is 2.34. The molecule has 2 saturated heterocycles. The number of aromatic nitrogens is 6. The second-order valence-electron chi connectivity index (χ2n) is 22.4. The molecule has 8 aromatic rings. The molecular formula is C60H68F6N14. The Bertz CT molecular complexity index is 3200. The number of anilines is 10. The molecule has 420 valence electrons. The minimum atomic E-state index is -4.54. The summed E-state index contributed by atoms with van der Waals surface area (Å²) >= 11 is 0. The summed E-state index contributed by atoms with van der Waals surface area (Å²) in [6.45, 7) is 21.1. The van der Waals surface area contributed by atoms with E-state index in [9.17, 15) is 26.3 Å². The zero-order valence-electron chi connectivity index (χ0n) is 46.2. The molecule has 0 atom stereocenters. The summed E-state index contributed by atoms with van der Waals surface area (Å²) in [5.74, 6) is 1.21. The van der Waals surface area contributed by atoms with Gasteiger partial charge in [-0.3, -0.25) is 0 Å². The van der Waals surface area contributed by atoms with Crippen LogP contribution < -0.4 is 41.7 Å². The van der Waals surface area contributed by atoms with Crippen molar-refractivity contribution in [1.82, 2.24) is 40.5 Å². The van der Waals surface area contributed by atoms with E-state index < -0.39 is 23.7 Å². The van der Waals surface area contributed by atoms with Crippen molar-refractivity contribution < 1.29 is 26.3 Å². The number of nitrogens with one attached hydrogen (secondary N) is 6. The molecule has 0 aliphatic carbocycles. The van der Waals surface area contributed by atoms with Crippen molar-refractivity contribution in [3.63, 3.8) is 0 Å². The summed E-state index contributed by atoms with van der Waals surface area (Å²) in [6.07, 6.45) is -2.68. The number of rotatable bonds is 12. The normalized spacial score (nSPS) is 14.9. The van der Waals surface area contributed by atoms with E-state index in [4.69, 9.17) is 9.97 Å². The number of para-hydroxylation sites is 2. The number of alkyl halides is 6. The van der Waals surface area contributed by atoms with Crippen molar-refractivity contribution in [1.29, 1.82) is 0 Å². The number of hydrogen-bond donors (Lipinski definition) is 6. The number of halogens is 6. The van der Waals surface area contributed by atoms with Gasteiger partial charge in [-0.25, -0.2) is 29.9 Å².